The van der Waals surface area contributed by atoms with Crippen molar-refractivity contribution in [1.29, 1.82) is 0 Å². The normalized spacial score (nSPS) is 24.3. The van der Waals surface area contributed by atoms with Crippen LogP contribution in [-0.2, 0) is 9.47 Å². The third-order valence-corrected chi connectivity index (χ3v) is 1.67. The van der Waals surface area contributed by atoms with Crippen molar-refractivity contribution in [2.24, 2.45) is 0 Å². The highest BCUT2D eigenvalue weighted by Crippen LogP contribution is 2.13. The smallest absolute Gasteiger partial charge is 0.157 e. The summed E-state index contributed by atoms with van der Waals surface area (Å²) in [4.78, 5) is 0. The number of ether oxygens (including phenoxy) is 2. The molecule has 1 unspecified atom stereocenters. The van der Waals surface area contributed by atoms with Crippen LogP contribution in [0, 0.1) is 0 Å². The minimum Gasteiger partial charge on any atom is -0.353 e. The summed E-state index contributed by atoms with van der Waals surface area (Å²) in [5, 5.41) is 0. The van der Waals surface area contributed by atoms with Gasteiger partial charge < -0.3 is 9.47 Å². The first-order chi connectivity index (χ1) is 4.93. The molecule has 4 heteroatoms. The van der Waals surface area contributed by atoms with Crippen molar-refractivity contribution in [3.8, 4) is 0 Å². The molecule has 1 saturated heterocycles. The zero-order chi connectivity index (χ0) is 7.23. The SMILES string of the molecule is ClCCOC1CCCCO1.[Mg]. The van der Waals surface area contributed by atoms with Crippen molar-refractivity contribution < 1.29 is 9.47 Å². The Bertz CT molecular complexity index is 86.5. The van der Waals surface area contributed by atoms with E-state index in [0.29, 0.717) is 12.5 Å². The van der Waals surface area contributed by atoms with Gasteiger partial charge in [-0.2, -0.15) is 0 Å². The average Bonchev–Trinajstić information content (AvgIpc) is 2.03. The first-order valence-corrected chi connectivity index (χ1v) is 4.26. The lowest BCUT2D eigenvalue weighted by molar-refractivity contribution is -0.158. The van der Waals surface area contributed by atoms with E-state index in [4.69, 9.17) is 21.1 Å². The highest BCUT2D eigenvalue weighted by Gasteiger charge is 2.12. The van der Waals surface area contributed by atoms with E-state index in [2.05, 4.69) is 0 Å². The van der Waals surface area contributed by atoms with E-state index in [-0.39, 0.29) is 29.3 Å². The van der Waals surface area contributed by atoms with Crippen LogP contribution in [-0.4, -0.2) is 48.4 Å². The Labute approximate surface area is 88.7 Å². The summed E-state index contributed by atoms with van der Waals surface area (Å²) < 4.78 is 10.6. The van der Waals surface area contributed by atoms with Crippen LogP contribution in [0.4, 0.5) is 0 Å². The molecule has 0 saturated carbocycles. The van der Waals surface area contributed by atoms with Crippen LogP contribution in [0.25, 0.3) is 0 Å². The quantitative estimate of drug-likeness (QED) is 0.493. The Morgan fingerprint density at radius 1 is 1.45 bits per heavy atom. The molecule has 2 radical (unpaired) electrons. The Balaban J connectivity index is 0.000001000. The van der Waals surface area contributed by atoms with Gasteiger partial charge in [0.1, 0.15) is 0 Å². The molecule has 1 aliphatic rings. The van der Waals surface area contributed by atoms with E-state index in [0.717, 1.165) is 13.0 Å². The third-order valence-electron chi connectivity index (χ3n) is 1.52. The summed E-state index contributed by atoms with van der Waals surface area (Å²) in [5.74, 6) is 0.555. The van der Waals surface area contributed by atoms with Gasteiger partial charge in [-0.3, -0.25) is 0 Å². The van der Waals surface area contributed by atoms with E-state index in [1.807, 2.05) is 0 Å². The summed E-state index contributed by atoms with van der Waals surface area (Å²) in [6.07, 6.45) is 3.43. The van der Waals surface area contributed by atoms with Crippen molar-refractivity contribution in [3.63, 3.8) is 0 Å². The maximum Gasteiger partial charge on any atom is 0.157 e. The predicted molar refractivity (Wildman–Crippen MR) is 46.0 cm³/mol. The van der Waals surface area contributed by atoms with Crippen LogP contribution in [0.15, 0.2) is 0 Å². The van der Waals surface area contributed by atoms with E-state index in [9.17, 15) is 0 Å². The third kappa shape index (κ3) is 5.25. The Morgan fingerprint density at radius 3 is 2.82 bits per heavy atom. The van der Waals surface area contributed by atoms with Crippen LogP contribution in [0.5, 0.6) is 0 Å². The monoisotopic (exact) mass is 188 g/mol. The average molecular weight is 189 g/mol. The summed E-state index contributed by atoms with van der Waals surface area (Å²) in [6, 6.07) is 0. The first kappa shape index (κ1) is 12.0. The van der Waals surface area contributed by atoms with E-state index >= 15 is 0 Å². The highest BCUT2D eigenvalue weighted by atomic mass is 35.5. The van der Waals surface area contributed by atoms with Crippen LogP contribution < -0.4 is 0 Å². The van der Waals surface area contributed by atoms with Crippen LogP contribution in [0.1, 0.15) is 19.3 Å². The molecular formula is C7H13ClMgO2. The number of hydrogen-bond acceptors (Lipinski definition) is 2. The molecule has 1 fully saturated rings. The van der Waals surface area contributed by atoms with Gasteiger partial charge in [0.15, 0.2) is 6.29 Å². The molecule has 0 N–H and O–H groups in total. The maximum absolute atomic E-state index is 5.44. The molecule has 11 heavy (non-hydrogen) atoms. The second kappa shape index (κ2) is 7.62. The Hall–Kier alpha value is 0.976. The van der Waals surface area contributed by atoms with Crippen molar-refractivity contribution >= 4 is 34.7 Å². The standard InChI is InChI=1S/C7H13ClO2.Mg/c8-4-6-10-7-3-1-2-5-9-7;/h7H,1-6H2;. The van der Waals surface area contributed by atoms with Gasteiger partial charge in [0.2, 0.25) is 0 Å². The molecule has 62 valence electrons. The molecule has 1 atom stereocenters. The van der Waals surface area contributed by atoms with E-state index in [1.165, 1.54) is 12.8 Å². The molecule has 1 aliphatic heterocycles. The van der Waals surface area contributed by atoms with E-state index < -0.39 is 0 Å². The van der Waals surface area contributed by atoms with Gasteiger partial charge in [-0.15, -0.1) is 11.6 Å². The van der Waals surface area contributed by atoms with Crippen LogP contribution in [0.2, 0.25) is 0 Å². The van der Waals surface area contributed by atoms with Crippen molar-refractivity contribution in [1.82, 2.24) is 0 Å². The lowest BCUT2D eigenvalue weighted by Gasteiger charge is -2.21. The van der Waals surface area contributed by atoms with Gasteiger partial charge in [-0.1, -0.05) is 0 Å². The number of rotatable bonds is 3. The lowest BCUT2D eigenvalue weighted by Crippen LogP contribution is -2.22. The maximum atomic E-state index is 5.44. The number of hydrogen-bond donors (Lipinski definition) is 0. The molecule has 0 bridgehead atoms. The molecule has 0 aromatic heterocycles. The summed E-state index contributed by atoms with van der Waals surface area (Å²) in [5.41, 5.74) is 0. The second-order valence-corrected chi connectivity index (χ2v) is 2.73. The molecule has 2 nitrogen and oxygen atoms in total. The summed E-state index contributed by atoms with van der Waals surface area (Å²) in [7, 11) is 0. The van der Waals surface area contributed by atoms with E-state index in [1.54, 1.807) is 0 Å². The molecule has 1 rings (SSSR count). The van der Waals surface area contributed by atoms with Gasteiger partial charge >= 0.3 is 0 Å². The number of alkyl halides is 1. The van der Waals surface area contributed by atoms with Gasteiger partial charge in [-0.25, -0.2) is 0 Å². The topological polar surface area (TPSA) is 18.5 Å². The van der Waals surface area contributed by atoms with Crippen molar-refractivity contribution in [2.45, 2.75) is 25.6 Å². The fourth-order valence-corrected chi connectivity index (χ4v) is 1.11. The zero-order valence-corrected chi connectivity index (χ0v) is 8.89. The van der Waals surface area contributed by atoms with Crippen LogP contribution >= 0.6 is 11.6 Å². The molecule has 0 aromatic carbocycles. The molecule has 0 amide bonds. The van der Waals surface area contributed by atoms with Gasteiger partial charge in [-0.05, 0) is 19.3 Å². The predicted octanol–water partition coefficient (Wildman–Crippen LogP) is 1.39. The molecule has 0 aliphatic carbocycles. The Morgan fingerprint density at radius 2 is 2.27 bits per heavy atom. The number of halogens is 1. The zero-order valence-electron chi connectivity index (χ0n) is 6.72. The van der Waals surface area contributed by atoms with Gasteiger partial charge in [0, 0.05) is 35.5 Å². The highest BCUT2D eigenvalue weighted by molar-refractivity contribution is 6.17. The molecule has 0 aromatic rings. The fourth-order valence-electron chi connectivity index (χ4n) is 1.02. The van der Waals surface area contributed by atoms with Crippen molar-refractivity contribution in [2.75, 3.05) is 19.1 Å². The second-order valence-electron chi connectivity index (χ2n) is 2.36. The van der Waals surface area contributed by atoms with Crippen molar-refractivity contribution in [3.05, 3.63) is 0 Å². The lowest BCUT2D eigenvalue weighted by atomic mass is 10.2. The largest absolute Gasteiger partial charge is 0.353 e. The summed E-state index contributed by atoms with van der Waals surface area (Å²) >= 11 is 5.44. The fraction of sp³-hybridized carbons (Fsp3) is 1.00. The molecule has 1 heterocycles. The minimum absolute atomic E-state index is 0. The minimum atomic E-state index is 0. The van der Waals surface area contributed by atoms with Gasteiger partial charge in [0.25, 0.3) is 0 Å². The Kier molecular flexibility index (Phi) is 8.29. The van der Waals surface area contributed by atoms with Crippen LogP contribution in [0.3, 0.4) is 0 Å². The molecule has 0 spiro atoms. The summed E-state index contributed by atoms with van der Waals surface area (Å²) in [6.45, 7) is 1.44. The molecular weight excluding hydrogens is 176 g/mol. The first-order valence-electron chi connectivity index (χ1n) is 3.72. The van der Waals surface area contributed by atoms with Gasteiger partial charge in [0.05, 0.1) is 6.61 Å².